The molecule has 0 saturated carbocycles. The van der Waals surface area contributed by atoms with E-state index in [0.29, 0.717) is 23.6 Å². The average molecular weight is 433 g/mol. The van der Waals surface area contributed by atoms with Gasteiger partial charge in [-0.2, -0.15) is 0 Å². The van der Waals surface area contributed by atoms with Crippen LogP contribution in [0, 0.1) is 5.82 Å². The molecule has 2 heterocycles. The van der Waals surface area contributed by atoms with Gasteiger partial charge >= 0.3 is 5.69 Å². The van der Waals surface area contributed by atoms with E-state index in [1.54, 1.807) is 23.0 Å². The van der Waals surface area contributed by atoms with Crippen molar-refractivity contribution in [1.29, 1.82) is 0 Å². The Bertz CT molecular complexity index is 1370. The Morgan fingerprint density at radius 2 is 1.72 bits per heavy atom. The summed E-state index contributed by atoms with van der Waals surface area (Å²) in [6.45, 7) is 0.163. The Morgan fingerprint density at radius 3 is 2.44 bits per heavy atom. The molecule has 2 aromatic heterocycles. The van der Waals surface area contributed by atoms with Gasteiger partial charge in [0, 0.05) is 24.9 Å². The van der Waals surface area contributed by atoms with Crippen molar-refractivity contribution in [2.45, 2.75) is 13.1 Å². The predicted molar refractivity (Wildman–Crippen MR) is 118 cm³/mol. The van der Waals surface area contributed by atoms with Gasteiger partial charge in [-0.25, -0.2) is 14.2 Å². The first-order chi connectivity index (χ1) is 15.4. The third-order valence-corrected chi connectivity index (χ3v) is 4.98. The molecule has 4 rings (SSSR count). The van der Waals surface area contributed by atoms with Crippen LogP contribution in [0.1, 0.15) is 5.56 Å². The summed E-state index contributed by atoms with van der Waals surface area (Å²) in [5.74, 6) is -0.427. The monoisotopic (exact) mass is 433 g/mol. The number of hydrogen-bond acceptors (Lipinski definition) is 4. The van der Waals surface area contributed by atoms with Crippen LogP contribution in [-0.2, 0) is 24.9 Å². The second-order valence-corrected chi connectivity index (χ2v) is 7.23. The molecule has 2 aromatic carbocycles. The number of imidazole rings is 1. The quantitative estimate of drug-likeness (QED) is 0.505. The molecular formula is C23H20FN5O3. The van der Waals surface area contributed by atoms with Gasteiger partial charge in [0.1, 0.15) is 23.9 Å². The fraction of sp³-hybridized carbons (Fsp3) is 0.130. The molecule has 1 N–H and O–H groups in total. The fourth-order valence-electron chi connectivity index (χ4n) is 3.30. The van der Waals surface area contributed by atoms with Crippen LogP contribution in [0.3, 0.4) is 0 Å². The number of rotatable bonds is 6. The molecule has 1 amide bonds. The van der Waals surface area contributed by atoms with Gasteiger partial charge in [-0.1, -0.05) is 30.3 Å². The zero-order valence-electron chi connectivity index (χ0n) is 17.2. The van der Waals surface area contributed by atoms with Crippen LogP contribution in [0.25, 0.3) is 11.3 Å². The number of hydrogen-bond donors (Lipinski definition) is 1. The zero-order valence-corrected chi connectivity index (χ0v) is 17.2. The first-order valence-electron chi connectivity index (χ1n) is 9.83. The lowest BCUT2D eigenvalue weighted by Crippen LogP contribution is -2.39. The second kappa shape index (κ2) is 8.84. The third kappa shape index (κ3) is 4.41. The Hall–Kier alpha value is -4.27. The normalized spacial score (nSPS) is 10.8. The highest BCUT2D eigenvalue weighted by molar-refractivity contribution is 5.93. The lowest BCUT2D eigenvalue weighted by molar-refractivity contribution is -0.116. The van der Waals surface area contributed by atoms with E-state index in [0.717, 1.165) is 14.7 Å². The van der Waals surface area contributed by atoms with E-state index in [-0.39, 0.29) is 12.4 Å². The third-order valence-electron chi connectivity index (χ3n) is 4.98. The van der Waals surface area contributed by atoms with E-state index in [1.165, 1.54) is 31.4 Å². The Kier molecular flexibility index (Phi) is 5.80. The molecule has 0 saturated heterocycles. The highest BCUT2D eigenvalue weighted by Crippen LogP contribution is 2.27. The molecule has 4 aromatic rings. The molecule has 0 fully saturated rings. The minimum atomic E-state index is -0.593. The molecule has 0 aliphatic heterocycles. The number of anilines is 1. The summed E-state index contributed by atoms with van der Waals surface area (Å²) in [5, 5.41) is 2.82. The molecule has 32 heavy (non-hydrogen) atoms. The van der Waals surface area contributed by atoms with Gasteiger partial charge in [-0.15, -0.1) is 0 Å². The molecule has 0 atom stereocenters. The number of halogens is 1. The van der Waals surface area contributed by atoms with Crippen LogP contribution in [0.2, 0.25) is 0 Å². The summed E-state index contributed by atoms with van der Waals surface area (Å²) < 4.78 is 17.2. The summed E-state index contributed by atoms with van der Waals surface area (Å²) in [7, 11) is 1.35. The number of carbonyl (C=O) groups is 1. The molecule has 0 spiro atoms. The van der Waals surface area contributed by atoms with E-state index < -0.39 is 17.2 Å². The SMILES string of the molecule is Cn1c(=O)ccn(CC(=O)Nc2c(-c3ccc(F)cc3)ncn2Cc2ccccc2)c1=O. The minimum absolute atomic E-state index is 0.285. The highest BCUT2D eigenvalue weighted by Gasteiger charge is 2.17. The minimum Gasteiger partial charge on any atom is -0.312 e. The van der Waals surface area contributed by atoms with Crippen molar-refractivity contribution in [2.24, 2.45) is 7.05 Å². The molecule has 0 aliphatic rings. The van der Waals surface area contributed by atoms with Crippen LogP contribution in [0.4, 0.5) is 10.2 Å². The van der Waals surface area contributed by atoms with Gasteiger partial charge in [-0.3, -0.25) is 18.7 Å². The number of benzene rings is 2. The highest BCUT2D eigenvalue weighted by atomic mass is 19.1. The number of nitrogens with zero attached hydrogens (tertiary/aromatic N) is 4. The van der Waals surface area contributed by atoms with Gasteiger partial charge in [0.25, 0.3) is 5.56 Å². The Labute approximate surface area is 182 Å². The standard InChI is InChI=1S/C23H20FN5O3/c1-27-20(31)11-12-28(23(27)32)14-19(30)26-22-21(17-7-9-18(24)10-8-17)25-15-29(22)13-16-5-3-2-4-6-16/h2-12,15H,13-14H2,1H3,(H,26,30). The van der Waals surface area contributed by atoms with Gasteiger partial charge in [-0.05, 0) is 29.8 Å². The second-order valence-electron chi connectivity index (χ2n) is 7.23. The molecular weight excluding hydrogens is 413 g/mol. The molecule has 162 valence electrons. The molecule has 8 nitrogen and oxygen atoms in total. The first-order valence-corrected chi connectivity index (χ1v) is 9.83. The lowest BCUT2D eigenvalue weighted by Gasteiger charge is -2.13. The van der Waals surface area contributed by atoms with E-state index >= 15 is 0 Å². The maximum absolute atomic E-state index is 13.4. The maximum atomic E-state index is 13.4. The Balaban J connectivity index is 1.67. The largest absolute Gasteiger partial charge is 0.331 e. The van der Waals surface area contributed by atoms with Crippen molar-refractivity contribution >= 4 is 11.7 Å². The summed E-state index contributed by atoms with van der Waals surface area (Å²) in [6.07, 6.45) is 2.88. The maximum Gasteiger partial charge on any atom is 0.331 e. The van der Waals surface area contributed by atoms with Crippen molar-refractivity contribution < 1.29 is 9.18 Å². The first kappa shape index (κ1) is 21.0. The molecule has 9 heteroatoms. The van der Waals surface area contributed by atoms with Crippen LogP contribution < -0.4 is 16.6 Å². The smallest absolute Gasteiger partial charge is 0.312 e. The van der Waals surface area contributed by atoms with Crippen molar-refractivity contribution in [3.63, 3.8) is 0 Å². The van der Waals surface area contributed by atoms with Crippen molar-refractivity contribution in [1.82, 2.24) is 18.7 Å². The van der Waals surface area contributed by atoms with Crippen molar-refractivity contribution in [2.75, 3.05) is 5.32 Å². The summed E-state index contributed by atoms with van der Waals surface area (Å²) in [5.41, 5.74) is 1.06. The van der Waals surface area contributed by atoms with Crippen LogP contribution >= 0.6 is 0 Å². The molecule has 0 bridgehead atoms. The van der Waals surface area contributed by atoms with Crippen LogP contribution in [-0.4, -0.2) is 24.6 Å². The van der Waals surface area contributed by atoms with Crippen molar-refractivity contribution in [3.8, 4) is 11.3 Å². The molecule has 0 aliphatic carbocycles. The van der Waals surface area contributed by atoms with Gasteiger partial charge in [0.2, 0.25) is 5.91 Å². The molecule has 0 unspecified atom stereocenters. The van der Waals surface area contributed by atoms with Crippen LogP contribution in [0.15, 0.2) is 82.8 Å². The van der Waals surface area contributed by atoms with Gasteiger partial charge < -0.3 is 9.88 Å². The number of carbonyl (C=O) groups excluding carboxylic acids is 1. The van der Waals surface area contributed by atoms with Gasteiger partial charge in [0.05, 0.1) is 12.9 Å². The number of nitrogens with one attached hydrogen (secondary N) is 1. The van der Waals surface area contributed by atoms with Crippen LogP contribution in [0.5, 0.6) is 0 Å². The molecule has 0 radical (unpaired) electrons. The van der Waals surface area contributed by atoms with E-state index in [2.05, 4.69) is 10.3 Å². The lowest BCUT2D eigenvalue weighted by atomic mass is 10.1. The van der Waals surface area contributed by atoms with Crippen molar-refractivity contribution in [3.05, 3.63) is 105 Å². The summed E-state index contributed by atoms with van der Waals surface area (Å²) in [4.78, 5) is 41.1. The Morgan fingerprint density at radius 1 is 1.00 bits per heavy atom. The van der Waals surface area contributed by atoms with E-state index in [9.17, 15) is 18.8 Å². The number of aromatic nitrogens is 4. The van der Waals surface area contributed by atoms with E-state index in [1.807, 2.05) is 30.3 Å². The predicted octanol–water partition coefficient (Wildman–Crippen LogP) is 2.24. The summed E-state index contributed by atoms with van der Waals surface area (Å²) in [6, 6.07) is 16.7. The van der Waals surface area contributed by atoms with Gasteiger partial charge in [0.15, 0.2) is 0 Å². The fourth-order valence-corrected chi connectivity index (χ4v) is 3.30. The summed E-state index contributed by atoms with van der Waals surface area (Å²) >= 11 is 0. The zero-order chi connectivity index (χ0) is 22.7. The number of amides is 1. The topological polar surface area (TPSA) is 90.9 Å². The van der Waals surface area contributed by atoms with E-state index in [4.69, 9.17) is 0 Å². The average Bonchev–Trinajstić information content (AvgIpc) is 3.17.